The Bertz CT molecular complexity index is 1040. The number of anilines is 4. The number of fused-ring (bicyclic) bond motifs is 1. The summed E-state index contributed by atoms with van der Waals surface area (Å²) < 4.78 is 0. The van der Waals surface area contributed by atoms with Gasteiger partial charge in [0, 0.05) is 11.4 Å². The predicted octanol–water partition coefficient (Wildman–Crippen LogP) is 7.80. The molecular formula is C28H32N4. The first kappa shape index (κ1) is 21.8. The average molecular weight is 425 g/mol. The zero-order chi connectivity index (χ0) is 22.2. The van der Waals surface area contributed by atoms with Gasteiger partial charge in [-0.3, -0.25) is 0 Å². The van der Waals surface area contributed by atoms with Gasteiger partial charge in [-0.25, -0.2) is 9.97 Å². The van der Waals surface area contributed by atoms with E-state index in [9.17, 15) is 0 Å². The van der Waals surface area contributed by atoms with Crippen molar-refractivity contribution in [1.82, 2.24) is 9.97 Å². The first-order chi connectivity index (χ1) is 15.7. The molecule has 4 nitrogen and oxygen atoms in total. The third kappa shape index (κ3) is 5.64. The monoisotopic (exact) mass is 424 g/mol. The van der Waals surface area contributed by atoms with Crippen LogP contribution in [0.25, 0.3) is 11.0 Å². The van der Waals surface area contributed by atoms with E-state index in [0.29, 0.717) is 0 Å². The maximum Gasteiger partial charge on any atom is 0.174 e. The number of nitrogens with one attached hydrogen (secondary N) is 2. The molecular weight excluding hydrogens is 392 g/mol. The highest BCUT2D eigenvalue weighted by atomic mass is 15.1. The Kier molecular flexibility index (Phi) is 7.34. The van der Waals surface area contributed by atoms with E-state index in [0.717, 1.165) is 46.9 Å². The van der Waals surface area contributed by atoms with Crippen LogP contribution in [0, 0.1) is 0 Å². The number of nitrogens with zero attached hydrogens (tertiary/aromatic N) is 2. The standard InChI is InChI=1S/C28H32N4/c1-3-5-9-21-13-17-23(18-14-21)29-27-28(32-26-12-8-7-11-25(26)31-27)30-24-19-15-22(16-20-24)10-6-4-2/h7-8,11-20H,3-6,9-10H2,1-2H3,(H,29,31)(H,30,32). The molecule has 1 aromatic heterocycles. The second-order valence-electron chi connectivity index (χ2n) is 8.26. The summed E-state index contributed by atoms with van der Waals surface area (Å²) in [6.45, 7) is 4.45. The molecule has 0 atom stereocenters. The molecule has 0 aliphatic heterocycles. The summed E-state index contributed by atoms with van der Waals surface area (Å²) in [7, 11) is 0. The van der Waals surface area contributed by atoms with Crippen molar-refractivity contribution >= 4 is 34.0 Å². The largest absolute Gasteiger partial charge is 0.337 e. The van der Waals surface area contributed by atoms with E-state index in [1.165, 1.54) is 36.8 Å². The first-order valence-electron chi connectivity index (χ1n) is 11.7. The van der Waals surface area contributed by atoms with Crippen LogP contribution >= 0.6 is 0 Å². The van der Waals surface area contributed by atoms with Crippen LogP contribution < -0.4 is 10.6 Å². The van der Waals surface area contributed by atoms with Crippen LogP contribution in [0.5, 0.6) is 0 Å². The van der Waals surface area contributed by atoms with E-state index in [2.05, 4.69) is 73.0 Å². The minimum Gasteiger partial charge on any atom is -0.337 e. The SMILES string of the molecule is CCCCc1ccc(Nc2nc3ccccc3nc2Nc2ccc(CCCC)cc2)cc1. The molecule has 0 aliphatic rings. The highest BCUT2D eigenvalue weighted by molar-refractivity contribution is 5.83. The summed E-state index contributed by atoms with van der Waals surface area (Å²) in [6.07, 6.45) is 7.09. The Balaban J connectivity index is 1.59. The highest BCUT2D eigenvalue weighted by Gasteiger charge is 2.10. The molecule has 0 radical (unpaired) electrons. The fraction of sp³-hybridized carbons (Fsp3) is 0.286. The molecule has 3 aromatic carbocycles. The fourth-order valence-electron chi connectivity index (χ4n) is 3.72. The van der Waals surface area contributed by atoms with Crippen LogP contribution in [0.4, 0.5) is 23.0 Å². The summed E-state index contributed by atoms with van der Waals surface area (Å²) in [4.78, 5) is 9.72. The lowest BCUT2D eigenvalue weighted by atomic mass is 10.1. The minimum atomic E-state index is 0.722. The number of hydrogen-bond acceptors (Lipinski definition) is 4. The third-order valence-corrected chi connectivity index (χ3v) is 5.64. The smallest absolute Gasteiger partial charge is 0.174 e. The molecule has 164 valence electrons. The van der Waals surface area contributed by atoms with Crippen molar-refractivity contribution in [1.29, 1.82) is 0 Å². The van der Waals surface area contributed by atoms with Gasteiger partial charge in [-0.2, -0.15) is 0 Å². The van der Waals surface area contributed by atoms with Crippen molar-refractivity contribution in [3.05, 3.63) is 83.9 Å². The summed E-state index contributed by atoms with van der Waals surface area (Å²) in [5, 5.41) is 6.94. The van der Waals surface area contributed by atoms with E-state index in [1.54, 1.807) is 0 Å². The van der Waals surface area contributed by atoms with Crippen LogP contribution in [-0.4, -0.2) is 9.97 Å². The van der Waals surface area contributed by atoms with Gasteiger partial charge in [-0.15, -0.1) is 0 Å². The molecule has 4 aromatic rings. The number of aryl methyl sites for hydroxylation is 2. The lowest BCUT2D eigenvalue weighted by molar-refractivity contribution is 0.795. The van der Waals surface area contributed by atoms with Crippen LogP contribution in [-0.2, 0) is 12.8 Å². The molecule has 4 heteroatoms. The predicted molar refractivity (Wildman–Crippen MR) is 136 cm³/mol. The molecule has 0 saturated carbocycles. The molecule has 0 bridgehead atoms. The molecule has 0 spiro atoms. The maximum absolute atomic E-state index is 4.86. The molecule has 2 N–H and O–H groups in total. The second kappa shape index (κ2) is 10.8. The van der Waals surface area contributed by atoms with Gasteiger partial charge >= 0.3 is 0 Å². The zero-order valence-corrected chi connectivity index (χ0v) is 19.1. The molecule has 0 saturated heterocycles. The van der Waals surface area contributed by atoms with Crippen molar-refractivity contribution in [2.75, 3.05) is 10.6 Å². The van der Waals surface area contributed by atoms with Crippen molar-refractivity contribution in [3.63, 3.8) is 0 Å². The minimum absolute atomic E-state index is 0.722. The van der Waals surface area contributed by atoms with E-state index in [1.807, 2.05) is 24.3 Å². The summed E-state index contributed by atoms with van der Waals surface area (Å²) in [5.41, 5.74) is 6.48. The van der Waals surface area contributed by atoms with Crippen LogP contribution in [0.15, 0.2) is 72.8 Å². The van der Waals surface area contributed by atoms with E-state index < -0.39 is 0 Å². The van der Waals surface area contributed by atoms with Gasteiger partial charge in [0.2, 0.25) is 0 Å². The Morgan fingerprint density at radius 2 is 0.969 bits per heavy atom. The average Bonchev–Trinajstić information content (AvgIpc) is 2.83. The van der Waals surface area contributed by atoms with Gasteiger partial charge in [0.05, 0.1) is 11.0 Å². The fourth-order valence-corrected chi connectivity index (χ4v) is 3.72. The van der Waals surface area contributed by atoms with Gasteiger partial charge in [0.15, 0.2) is 11.6 Å². The van der Waals surface area contributed by atoms with Crippen LogP contribution in [0.1, 0.15) is 50.7 Å². The Morgan fingerprint density at radius 1 is 0.562 bits per heavy atom. The third-order valence-electron chi connectivity index (χ3n) is 5.64. The van der Waals surface area contributed by atoms with Gasteiger partial charge < -0.3 is 10.6 Å². The number of hydrogen-bond donors (Lipinski definition) is 2. The Hall–Kier alpha value is -3.40. The van der Waals surface area contributed by atoms with Gasteiger partial charge in [-0.05, 0) is 73.2 Å². The van der Waals surface area contributed by atoms with Crippen molar-refractivity contribution < 1.29 is 0 Å². The normalized spacial score (nSPS) is 10.9. The second-order valence-corrected chi connectivity index (χ2v) is 8.26. The molecule has 32 heavy (non-hydrogen) atoms. The van der Waals surface area contributed by atoms with E-state index >= 15 is 0 Å². The molecule has 0 unspecified atom stereocenters. The summed E-state index contributed by atoms with van der Waals surface area (Å²) in [5.74, 6) is 1.44. The molecule has 0 aliphatic carbocycles. The van der Waals surface area contributed by atoms with Gasteiger partial charge in [0.1, 0.15) is 0 Å². The Morgan fingerprint density at radius 3 is 1.34 bits per heavy atom. The number of unbranched alkanes of at least 4 members (excludes halogenated alkanes) is 2. The lowest BCUT2D eigenvalue weighted by Crippen LogP contribution is -2.03. The molecule has 0 amide bonds. The highest BCUT2D eigenvalue weighted by Crippen LogP contribution is 2.28. The molecule has 1 heterocycles. The Labute approximate surface area is 191 Å². The van der Waals surface area contributed by atoms with E-state index in [4.69, 9.17) is 9.97 Å². The van der Waals surface area contributed by atoms with Crippen LogP contribution in [0.3, 0.4) is 0 Å². The number of benzene rings is 3. The number of aromatic nitrogens is 2. The lowest BCUT2D eigenvalue weighted by Gasteiger charge is -2.14. The van der Waals surface area contributed by atoms with Crippen LogP contribution in [0.2, 0.25) is 0 Å². The topological polar surface area (TPSA) is 49.8 Å². The zero-order valence-electron chi connectivity index (χ0n) is 19.1. The van der Waals surface area contributed by atoms with E-state index in [-0.39, 0.29) is 0 Å². The number of rotatable bonds is 10. The summed E-state index contributed by atoms with van der Waals surface area (Å²) in [6, 6.07) is 25.2. The van der Waals surface area contributed by atoms with Crippen molar-refractivity contribution in [3.8, 4) is 0 Å². The molecule has 4 rings (SSSR count). The van der Waals surface area contributed by atoms with Gasteiger partial charge in [0.25, 0.3) is 0 Å². The van der Waals surface area contributed by atoms with Crippen molar-refractivity contribution in [2.45, 2.75) is 52.4 Å². The maximum atomic E-state index is 4.86. The molecule has 0 fully saturated rings. The first-order valence-corrected chi connectivity index (χ1v) is 11.7. The van der Waals surface area contributed by atoms with Crippen molar-refractivity contribution in [2.24, 2.45) is 0 Å². The summed E-state index contributed by atoms with van der Waals surface area (Å²) >= 11 is 0. The quantitative estimate of drug-likeness (QED) is 0.273. The number of para-hydroxylation sites is 2. The van der Waals surface area contributed by atoms with Gasteiger partial charge in [-0.1, -0.05) is 63.1 Å².